The van der Waals surface area contributed by atoms with Gasteiger partial charge in [-0.25, -0.2) is 0 Å². The Kier molecular flexibility index (Phi) is 5.15. The second-order valence-corrected chi connectivity index (χ2v) is 5.85. The molecular formula is C16H22N2O4. The number of nitrogens with one attached hydrogen (secondary N) is 2. The van der Waals surface area contributed by atoms with Crippen molar-refractivity contribution < 1.29 is 19.4 Å². The van der Waals surface area contributed by atoms with Gasteiger partial charge in [0.15, 0.2) is 0 Å². The number of carbonyl (C=O) groups excluding carboxylic acids is 2. The van der Waals surface area contributed by atoms with Crippen molar-refractivity contribution in [3.8, 4) is 0 Å². The van der Waals surface area contributed by atoms with Crippen LogP contribution in [0.5, 0.6) is 0 Å². The zero-order chi connectivity index (χ0) is 16.2. The Balaban J connectivity index is 1.88. The molecule has 22 heavy (non-hydrogen) atoms. The third kappa shape index (κ3) is 4.54. The van der Waals surface area contributed by atoms with E-state index < -0.39 is 17.4 Å². The number of benzene rings is 1. The van der Waals surface area contributed by atoms with Crippen molar-refractivity contribution >= 4 is 17.5 Å². The molecule has 0 bridgehead atoms. The summed E-state index contributed by atoms with van der Waals surface area (Å²) in [7, 11) is 0. The van der Waals surface area contributed by atoms with Gasteiger partial charge in [0.2, 0.25) is 0 Å². The number of hydrogen-bond acceptors (Lipinski definition) is 4. The maximum Gasteiger partial charge on any atom is 0.313 e. The predicted octanol–water partition coefficient (Wildman–Crippen LogP) is 0.900. The zero-order valence-corrected chi connectivity index (χ0v) is 12.9. The van der Waals surface area contributed by atoms with Crippen LogP contribution < -0.4 is 10.6 Å². The molecule has 0 radical (unpaired) electrons. The predicted molar refractivity (Wildman–Crippen MR) is 82.6 cm³/mol. The van der Waals surface area contributed by atoms with Crippen LogP contribution in [0.4, 0.5) is 5.69 Å². The number of amides is 2. The van der Waals surface area contributed by atoms with E-state index in [0.717, 1.165) is 11.1 Å². The van der Waals surface area contributed by atoms with Crippen LogP contribution in [0.1, 0.15) is 24.0 Å². The first-order valence-electron chi connectivity index (χ1n) is 7.36. The van der Waals surface area contributed by atoms with Gasteiger partial charge in [-0.1, -0.05) is 6.07 Å². The normalized spacial score (nSPS) is 16.9. The summed E-state index contributed by atoms with van der Waals surface area (Å²) in [5, 5.41) is 15.3. The molecule has 0 unspecified atom stereocenters. The van der Waals surface area contributed by atoms with Gasteiger partial charge in [-0.2, -0.15) is 0 Å². The Morgan fingerprint density at radius 3 is 2.32 bits per heavy atom. The molecule has 0 spiro atoms. The number of rotatable bonds is 3. The van der Waals surface area contributed by atoms with Crippen molar-refractivity contribution in [2.24, 2.45) is 0 Å². The van der Waals surface area contributed by atoms with Crippen LogP contribution >= 0.6 is 0 Å². The number of carbonyl (C=O) groups is 2. The minimum Gasteiger partial charge on any atom is -0.388 e. The van der Waals surface area contributed by atoms with Crippen LogP contribution in [0, 0.1) is 13.8 Å². The highest BCUT2D eigenvalue weighted by Gasteiger charge is 2.30. The molecule has 1 saturated heterocycles. The standard InChI is InChI=1S/C16H22N2O4/c1-11-7-12(2)9-13(8-11)18-15(20)14(19)17-10-16(21)3-5-22-6-4-16/h7-9,21H,3-6,10H2,1-2H3,(H,17,19)(H,18,20). The molecule has 1 aromatic carbocycles. The first kappa shape index (κ1) is 16.5. The quantitative estimate of drug-likeness (QED) is 0.724. The van der Waals surface area contributed by atoms with E-state index in [1.54, 1.807) is 12.1 Å². The number of hydrogen-bond donors (Lipinski definition) is 3. The lowest BCUT2D eigenvalue weighted by Gasteiger charge is -2.31. The van der Waals surface area contributed by atoms with Crippen LogP contribution in [0.25, 0.3) is 0 Å². The second-order valence-electron chi connectivity index (χ2n) is 5.85. The fourth-order valence-electron chi connectivity index (χ4n) is 2.49. The van der Waals surface area contributed by atoms with Gasteiger partial charge >= 0.3 is 11.8 Å². The minimum atomic E-state index is -0.992. The first-order chi connectivity index (χ1) is 10.4. The van der Waals surface area contributed by atoms with E-state index in [9.17, 15) is 14.7 Å². The summed E-state index contributed by atoms with van der Waals surface area (Å²) >= 11 is 0. The van der Waals surface area contributed by atoms with Crippen LogP contribution in [0.3, 0.4) is 0 Å². The van der Waals surface area contributed by atoms with E-state index in [0.29, 0.717) is 31.7 Å². The lowest BCUT2D eigenvalue weighted by Crippen LogP contribution is -2.48. The summed E-state index contributed by atoms with van der Waals surface area (Å²) in [5.74, 6) is -1.49. The number of anilines is 1. The third-order valence-electron chi connectivity index (χ3n) is 3.69. The first-order valence-corrected chi connectivity index (χ1v) is 7.36. The maximum absolute atomic E-state index is 11.9. The maximum atomic E-state index is 11.9. The molecule has 2 amide bonds. The summed E-state index contributed by atoms with van der Waals surface area (Å²) < 4.78 is 5.17. The minimum absolute atomic E-state index is 0.0511. The molecule has 0 saturated carbocycles. The van der Waals surface area contributed by atoms with Gasteiger partial charge in [0.1, 0.15) is 0 Å². The molecule has 1 aliphatic heterocycles. The summed E-state index contributed by atoms with van der Waals surface area (Å²) in [5.41, 5.74) is 1.61. The van der Waals surface area contributed by atoms with Gasteiger partial charge in [-0.15, -0.1) is 0 Å². The second kappa shape index (κ2) is 6.89. The van der Waals surface area contributed by atoms with Crippen molar-refractivity contribution in [2.75, 3.05) is 25.1 Å². The number of aliphatic hydroxyl groups is 1. The Labute approximate surface area is 129 Å². The average Bonchev–Trinajstić information content (AvgIpc) is 2.44. The van der Waals surface area contributed by atoms with Gasteiger partial charge in [-0.05, 0) is 37.1 Å². The fraction of sp³-hybridized carbons (Fsp3) is 0.500. The SMILES string of the molecule is Cc1cc(C)cc(NC(=O)C(=O)NCC2(O)CCOCC2)c1. The van der Waals surface area contributed by atoms with Gasteiger partial charge in [-0.3, -0.25) is 9.59 Å². The average molecular weight is 306 g/mol. The van der Waals surface area contributed by atoms with Crippen LogP contribution in [0.15, 0.2) is 18.2 Å². The van der Waals surface area contributed by atoms with Gasteiger partial charge in [0, 0.05) is 38.3 Å². The molecule has 120 valence electrons. The molecule has 0 aliphatic carbocycles. The summed E-state index contributed by atoms with van der Waals surface area (Å²) in [4.78, 5) is 23.7. The lowest BCUT2D eigenvalue weighted by atomic mass is 9.94. The summed E-state index contributed by atoms with van der Waals surface area (Å²) in [6.07, 6.45) is 0.901. The van der Waals surface area contributed by atoms with Crippen molar-refractivity contribution in [3.63, 3.8) is 0 Å². The van der Waals surface area contributed by atoms with Crippen molar-refractivity contribution in [1.82, 2.24) is 5.32 Å². The van der Waals surface area contributed by atoms with E-state index in [1.807, 2.05) is 19.9 Å². The molecule has 6 nitrogen and oxygen atoms in total. The number of aryl methyl sites for hydroxylation is 2. The monoisotopic (exact) mass is 306 g/mol. The van der Waals surface area contributed by atoms with Crippen LogP contribution in [0.2, 0.25) is 0 Å². The summed E-state index contributed by atoms with van der Waals surface area (Å²) in [6.45, 7) is 4.81. The number of ether oxygens (including phenoxy) is 1. The Bertz CT molecular complexity index is 545. The smallest absolute Gasteiger partial charge is 0.313 e. The van der Waals surface area contributed by atoms with Gasteiger partial charge in [0.25, 0.3) is 0 Å². The van der Waals surface area contributed by atoms with Crippen LogP contribution in [-0.2, 0) is 14.3 Å². The molecule has 3 N–H and O–H groups in total. The van der Waals surface area contributed by atoms with Crippen molar-refractivity contribution in [3.05, 3.63) is 29.3 Å². The van der Waals surface area contributed by atoms with Crippen molar-refractivity contribution in [1.29, 1.82) is 0 Å². The van der Waals surface area contributed by atoms with E-state index in [1.165, 1.54) is 0 Å². The lowest BCUT2D eigenvalue weighted by molar-refractivity contribution is -0.137. The molecule has 0 aromatic heterocycles. The Morgan fingerprint density at radius 2 is 1.73 bits per heavy atom. The molecule has 1 aromatic rings. The van der Waals surface area contributed by atoms with E-state index in [2.05, 4.69) is 10.6 Å². The molecule has 1 heterocycles. The topological polar surface area (TPSA) is 87.7 Å². The largest absolute Gasteiger partial charge is 0.388 e. The van der Waals surface area contributed by atoms with Crippen molar-refractivity contribution in [2.45, 2.75) is 32.3 Å². The molecule has 1 fully saturated rings. The highest BCUT2D eigenvalue weighted by Crippen LogP contribution is 2.19. The van der Waals surface area contributed by atoms with E-state index in [-0.39, 0.29) is 6.54 Å². The van der Waals surface area contributed by atoms with E-state index >= 15 is 0 Å². The highest BCUT2D eigenvalue weighted by molar-refractivity contribution is 6.39. The molecule has 0 atom stereocenters. The Hall–Kier alpha value is -1.92. The molecular weight excluding hydrogens is 284 g/mol. The summed E-state index contributed by atoms with van der Waals surface area (Å²) in [6, 6.07) is 5.57. The fourth-order valence-corrected chi connectivity index (χ4v) is 2.49. The van der Waals surface area contributed by atoms with E-state index in [4.69, 9.17) is 4.74 Å². The molecule has 2 rings (SSSR count). The third-order valence-corrected chi connectivity index (χ3v) is 3.69. The zero-order valence-electron chi connectivity index (χ0n) is 12.9. The van der Waals surface area contributed by atoms with Crippen LogP contribution in [-0.4, -0.2) is 42.3 Å². The van der Waals surface area contributed by atoms with Gasteiger partial charge in [0.05, 0.1) is 5.60 Å². The molecule has 1 aliphatic rings. The Morgan fingerprint density at radius 1 is 1.14 bits per heavy atom. The highest BCUT2D eigenvalue weighted by atomic mass is 16.5. The molecule has 6 heteroatoms. The van der Waals surface area contributed by atoms with Gasteiger partial charge < -0.3 is 20.5 Å².